The molecule has 0 aliphatic carbocycles. The van der Waals surface area contributed by atoms with Gasteiger partial charge < -0.3 is 14.6 Å². The van der Waals surface area contributed by atoms with Crippen molar-refractivity contribution >= 4 is 51.5 Å². The largest absolute Gasteiger partial charge is 0.495 e. The number of rotatable bonds is 9. The van der Waals surface area contributed by atoms with Gasteiger partial charge in [0.25, 0.3) is 10.0 Å². The summed E-state index contributed by atoms with van der Waals surface area (Å²) in [6.07, 6.45) is 7.02. The molecule has 0 saturated carbocycles. The molecule has 11 heteroatoms. The Labute approximate surface area is 220 Å². The molecular weight excluding hydrogens is 520 g/mol. The van der Waals surface area contributed by atoms with E-state index in [1.807, 2.05) is 12.3 Å². The first kappa shape index (κ1) is 27.1. The van der Waals surface area contributed by atoms with E-state index >= 15 is 0 Å². The fourth-order valence-electron chi connectivity index (χ4n) is 3.50. The second kappa shape index (κ2) is 12.0. The lowest BCUT2D eigenvalue weighted by atomic mass is 10.2. The van der Waals surface area contributed by atoms with Gasteiger partial charge in [0.05, 0.1) is 24.0 Å². The molecule has 0 saturated heterocycles. The van der Waals surface area contributed by atoms with Crippen LogP contribution in [0.4, 0.5) is 11.4 Å². The van der Waals surface area contributed by atoms with E-state index in [0.29, 0.717) is 11.4 Å². The predicted octanol–water partition coefficient (Wildman–Crippen LogP) is 4.86. The van der Waals surface area contributed by atoms with Gasteiger partial charge in [-0.1, -0.05) is 18.2 Å². The van der Waals surface area contributed by atoms with Crippen molar-refractivity contribution in [1.29, 1.82) is 0 Å². The fraction of sp³-hybridized carbons (Fsp3) is 0.120. The van der Waals surface area contributed by atoms with Crippen molar-refractivity contribution < 1.29 is 17.9 Å². The number of aromatic nitrogens is 2. The van der Waals surface area contributed by atoms with Crippen molar-refractivity contribution in [3.63, 3.8) is 0 Å². The molecule has 0 fully saturated rings. The summed E-state index contributed by atoms with van der Waals surface area (Å²) < 4.78 is 35.6. The number of ether oxygens (including phenoxy) is 1. The Morgan fingerprint density at radius 3 is 2.50 bits per heavy atom. The van der Waals surface area contributed by atoms with Crippen LogP contribution in [0.2, 0.25) is 0 Å². The SMILES string of the molecule is COc1ccccc1N(CC(=O)Nc1cccc(-n2ccnc2)c1)S(=O)(=O)c1ccc(SC)cc1.Cl. The maximum absolute atomic E-state index is 13.7. The van der Waals surface area contributed by atoms with Crippen molar-refractivity contribution in [2.45, 2.75) is 9.79 Å². The number of hydrogen-bond donors (Lipinski definition) is 1. The summed E-state index contributed by atoms with van der Waals surface area (Å²) in [6.45, 7) is -0.442. The molecule has 1 amide bonds. The minimum Gasteiger partial charge on any atom is -0.495 e. The van der Waals surface area contributed by atoms with Crippen LogP contribution >= 0.6 is 24.2 Å². The van der Waals surface area contributed by atoms with E-state index in [1.54, 1.807) is 77.9 Å². The Hall–Kier alpha value is -3.47. The van der Waals surface area contributed by atoms with Crippen LogP contribution in [0.15, 0.2) is 101 Å². The first-order valence-corrected chi connectivity index (χ1v) is 13.3. The highest BCUT2D eigenvalue weighted by molar-refractivity contribution is 7.98. The zero-order chi connectivity index (χ0) is 24.8. The number of nitrogens with one attached hydrogen (secondary N) is 1. The molecule has 0 unspecified atom stereocenters. The summed E-state index contributed by atoms with van der Waals surface area (Å²) in [5.41, 5.74) is 1.61. The molecule has 0 spiro atoms. The van der Waals surface area contributed by atoms with Gasteiger partial charge in [-0.05, 0) is 60.9 Å². The van der Waals surface area contributed by atoms with Gasteiger partial charge in [0, 0.05) is 28.7 Å². The van der Waals surface area contributed by atoms with Gasteiger partial charge >= 0.3 is 0 Å². The fourth-order valence-corrected chi connectivity index (χ4v) is 5.34. The summed E-state index contributed by atoms with van der Waals surface area (Å²) in [5, 5.41) is 2.80. The van der Waals surface area contributed by atoms with E-state index in [0.717, 1.165) is 14.9 Å². The summed E-state index contributed by atoms with van der Waals surface area (Å²) in [6, 6.07) is 20.4. The number of imidazole rings is 1. The molecule has 4 rings (SSSR count). The molecule has 1 heterocycles. The van der Waals surface area contributed by atoms with Gasteiger partial charge in [0.1, 0.15) is 12.3 Å². The van der Waals surface area contributed by atoms with Crippen LogP contribution in [0, 0.1) is 0 Å². The second-order valence-electron chi connectivity index (χ2n) is 7.43. The van der Waals surface area contributed by atoms with Crippen LogP contribution in [-0.4, -0.2) is 43.8 Å². The third-order valence-corrected chi connectivity index (χ3v) is 7.74. The number of halogens is 1. The lowest BCUT2D eigenvalue weighted by Crippen LogP contribution is -2.38. The van der Waals surface area contributed by atoms with Crippen LogP contribution in [0.5, 0.6) is 5.75 Å². The van der Waals surface area contributed by atoms with Crippen molar-refractivity contribution in [1.82, 2.24) is 9.55 Å². The highest BCUT2D eigenvalue weighted by Crippen LogP contribution is 2.32. The highest BCUT2D eigenvalue weighted by atomic mass is 35.5. The number of carbonyl (C=O) groups is 1. The number of benzene rings is 3. The lowest BCUT2D eigenvalue weighted by molar-refractivity contribution is -0.114. The number of carbonyl (C=O) groups excluding carboxylic acids is 1. The smallest absolute Gasteiger partial charge is 0.264 e. The van der Waals surface area contributed by atoms with Gasteiger partial charge in [-0.2, -0.15) is 0 Å². The molecule has 0 atom stereocenters. The molecule has 0 radical (unpaired) electrons. The number of para-hydroxylation sites is 2. The number of anilines is 2. The van der Waals surface area contributed by atoms with Crippen molar-refractivity contribution in [2.75, 3.05) is 29.5 Å². The quantitative estimate of drug-likeness (QED) is 0.302. The van der Waals surface area contributed by atoms with Gasteiger partial charge in [0.2, 0.25) is 5.91 Å². The van der Waals surface area contributed by atoms with E-state index in [2.05, 4.69) is 10.3 Å². The minimum absolute atomic E-state index is 0. The summed E-state index contributed by atoms with van der Waals surface area (Å²) >= 11 is 1.51. The molecule has 4 aromatic rings. The van der Waals surface area contributed by atoms with E-state index in [9.17, 15) is 13.2 Å². The summed E-state index contributed by atoms with van der Waals surface area (Å²) in [4.78, 5) is 18.1. The average Bonchev–Trinajstić information content (AvgIpc) is 3.43. The first-order chi connectivity index (χ1) is 16.9. The Bertz CT molecular complexity index is 1410. The second-order valence-corrected chi connectivity index (χ2v) is 10.2. The van der Waals surface area contributed by atoms with Crippen LogP contribution in [0.1, 0.15) is 0 Å². The van der Waals surface area contributed by atoms with Crippen molar-refractivity contribution in [2.24, 2.45) is 0 Å². The van der Waals surface area contributed by atoms with Crippen LogP contribution in [0.25, 0.3) is 5.69 Å². The van der Waals surface area contributed by atoms with Gasteiger partial charge in [-0.25, -0.2) is 13.4 Å². The Kier molecular flexibility index (Phi) is 9.03. The number of amides is 1. The van der Waals surface area contributed by atoms with E-state index in [4.69, 9.17) is 4.74 Å². The van der Waals surface area contributed by atoms with Crippen LogP contribution in [-0.2, 0) is 14.8 Å². The Morgan fingerprint density at radius 1 is 1.08 bits per heavy atom. The number of sulfonamides is 1. The summed E-state index contributed by atoms with van der Waals surface area (Å²) in [5.74, 6) is -0.158. The summed E-state index contributed by atoms with van der Waals surface area (Å²) in [7, 11) is -2.61. The molecule has 8 nitrogen and oxygen atoms in total. The Balaban J connectivity index is 0.00000361. The third-order valence-electron chi connectivity index (χ3n) is 5.22. The third kappa shape index (κ3) is 6.01. The van der Waals surface area contributed by atoms with Gasteiger partial charge in [0.15, 0.2) is 0 Å². The van der Waals surface area contributed by atoms with E-state index < -0.39 is 22.5 Å². The zero-order valence-corrected chi connectivity index (χ0v) is 22.0. The molecule has 1 aromatic heterocycles. The normalized spacial score (nSPS) is 10.8. The number of nitrogens with zero attached hydrogens (tertiary/aromatic N) is 3. The van der Waals surface area contributed by atoms with Gasteiger partial charge in [-0.3, -0.25) is 9.10 Å². The Morgan fingerprint density at radius 2 is 1.83 bits per heavy atom. The van der Waals surface area contributed by atoms with Crippen LogP contribution in [0.3, 0.4) is 0 Å². The number of hydrogen-bond acceptors (Lipinski definition) is 6. The zero-order valence-electron chi connectivity index (χ0n) is 19.6. The standard InChI is InChI=1S/C25H24N4O4S2.ClH/c1-33-24-9-4-3-8-23(24)29(35(31,32)22-12-10-21(34-2)11-13-22)17-25(30)27-19-6-5-7-20(16-19)28-15-14-26-18-28;/h3-16,18H,17H2,1-2H3,(H,27,30);1H. The highest BCUT2D eigenvalue weighted by Gasteiger charge is 2.29. The van der Waals surface area contributed by atoms with Crippen molar-refractivity contribution in [3.8, 4) is 11.4 Å². The molecule has 36 heavy (non-hydrogen) atoms. The first-order valence-electron chi connectivity index (χ1n) is 10.6. The molecule has 188 valence electrons. The molecule has 0 bridgehead atoms. The maximum atomic E-state index is 13.7. The van der Waals surface area contributed by atoms with Crippen LogP contribution < -0.4 is 14.4 Å². The molecule has 0 aliphatic heterocycles. The predicted molar refractivity (Wildman–Crippen MR) is 145 cm³/mol. The average molecular weight is 545 g/mol. The van der Waals surface area contributed by atoms with E-state index in [-0.39, 0.29) is 23.0 Å². The number of thioether (sulfide) groups is 1. The molecule has 1 N–H and O–H groups in total. The van der Waals surface area contributed by atoms with Gasteiger partial charge in [-0.15, -0.1) is 24.2 Å². The lowest BCUT2D eigenvalue weighted by Gasteiger charge is -2.25. The molecular formula is C25H25ClN4O4S2. The molecule has 0 aliphatic rings. The van der Waals surface area contributed by atoms with Crippen molar-refractivity contribution in [3.05, 3.63) is 91.5 Å². The minimum atomic E-state index is -4.07. The maximum Gasteiger partial charge on any atom is 0.264 e. The topological polar surface area (TPSA) is 93.5 Å². The number of methoxy groups -OCH3 is 1. The van der Waals surface area contributed by atoms with E-state index in [1.165, 1.54) is 31.0 Å². The monoisotopic (exact) mass is 544 g/mol. The molecule has 3 aromatic carbocycles.